The first-order valence-corrected chi connectivity index (χ1v) is 9.46. The van der Waals surface area contributed by atoms with Gasteiger partial charge in [0.1, 0.15) is 5.75 Å². The van der Waals surface area contributed by atoms with Gasteiger partial charge in [0.2, 0.25) is 0 Å². The molecule has 1 heterocycles. The van der Waals surface area contributed by atoms with Crippen molar-refractivity contribution in [2.75, 3.05) is 36.4 Å². The summed E-state index contributed by atoms with van der Waals surface area (Å²) in [4.78, 5) is 17.1. The van der Waals surface area contributed by atoms with E-state index in [4.69, 9.17) is 0 Å². The molecule has 142 valence electrons. The van der Waals surface area contributed by atoms with E-state index in [0.29, 0.717) is 31.7 Å². The summed E-state index contributed by atoms with van der Waals surface area (Å²) in [5.74, 6) is 0.302. The summed E-state index contributed by atoms with van der Waals surface area (Å²) < 4.78 is 0. The molecule has 1 saturated heterocycles. The molecule has 4 rings (SSSR count). The fraction of sp³-hybridized carbons (Fsp3) is 0.174. The Balaban J connectivity index is 1.47. The first-order chi connectivity index (χ1) is 13.7. The zero-order valence-electron chi connectivity index (χ0n) is 15.6. The zero-order valence-corrected chi connectivity index (χ0v) is 15.6. The van der Waals surface area contributed by atoms with Gasteiger partial charge in [-0.05, 0) is 36.4 Å². The van der Waals surface area contributed by atoms with Crippen molar-refractivity contribution < 1.29 is 9.90 Å². The molecule has 3 aromatic carbocycles. The Labute approximate surface area is 164 Å². The number of amides is 1. The van der Waals surface area contributed by atoms with Crippen LogP contribution in [0.4, 0.5) is 17.1 Å². The number of rotatable bonds is 4. The Hall–Kier alpha value is -3.47. The largest absolute Gasteiger partial charge is 0.506 e. The molecule has 1 amide bonds. The number of phenols is 1. The third-order valence-corrected chi connectivity index (χ3v) is 5.00. The predicted octanol–water partition coefficient (Wildman–Crippen LogP) is 4.10. The quantitative estimate of drug-likeness (QED) is 0.723. The average molecular weight is 373 g/mol. The second-order valence-electron chi connectivity index (χ2n) is 6.80. The summed E-state index contributed by atoms with van der Waals surface area (Å²) in [5, 5.41) is 13.4. The molecule has 0 unspecified atom stereocenters. The van der Waals surface area contributed by atoms with Gasteiger partial charge >= 0.3 is 0 Å². The number of para-hydroxylation sites is 4. The molecule has 5 nitrogen and oxygen atoms in total. The summed E-state index contributed by atoms with van der Waals surface area (Å²) in [7, 11) is 0. The predicted molar refractivity (Wildman–Crippen MR) is 112 cm³/mol. The van der Waals surface area contributed by atoms with Crippen molar-refractivity contribution in [2.45, 2.75) is 0 Å². The molecule has 0 bridgehead atoms. The van der Waals surface area contributed by atoms with Gasteiger partial charge in [-0.25, -0.2) is 0 Å². The average Bonchev–Trinajstić information content (AvgIpc) is 2.75. The van der Waals surface area contributed by atoms with Crippen LogP contribution in [0.15, 0.2) is 78.9 Å². The fourth-order valence-corrected chi connectivity index (χ4v) is 3.51. The highest BCUT2D eigenvalue weighted by Gasteiger charge is 2.24. The van der Waals surface area contributed by atoms with Crippen LogP contribution >= 0.6 is 0 Å². The molecule has 5 heteroatoms. The van der Waals surface area contributed by atoms with E-state index in [1.54, 1.807) is 6.07 Å². The molecular formula is C23H23N3O2. The van der Waals surface area contributed by atoms with Gasteiger partial charge in [-0.1, -0.05) is 42.5 Å². The van der Waals surface area contributed by atoms with E-state index in [1.165, 1.54) is 0 Å². The van der Waals surface area contributed by atoms with Crippen molar-refractivity contribution in [2.24, 2.45) is 0 Å². The van der Waals surface area contributed by atoms with Gasteiger partial charge in [-0.2, -0.15) is 0 Å². The Morgan fingerprint density at radius 2 is 1.43 bits per heavy atom. The van der Waals surface area contributed by atoms with Crippen molar-refractivity contribution in [1.29, 1.82) is 0 Å². The van der Waals surface area contributed by atoms with Crippen LogP contribution < -0.4 is 10.2 Å². The Kier molecular flexibility index (Phi) is 5.15. The minimum Gasteiger partial charge on any atom is -0.506 e. The molecule has 0 aliphatic carbocycles. The minimum atomic E-state index is 0.0240. The highest BCUT2D eigenvalue weighted by molar-refractivity contribution is 6.00. The van der Waals surface area contributed by atoms with Gasteiger partial charge in [0.05, 0.1) is 16.9 Å². The third kappa shape index (κ3) is 3.78. The van der Waals surface area contributed by atoms with Gasteiger partial charge in [0.15, 0.2) is 0 Å². The van der Waals surface area contributed by atoms with Crippen molar-refractivity contribution in [1.82, 2.24) is 4.90 Å². The van der Waals surface area contributed by atoms with Crippen molar-refractivity contribution in [3.8, 4) is 5.75 Å². The van der Waals surface area contributed by atoms with E-state index in [1.807, 2.05) is 77.7 Å². The van der Waals surface area contributed by atoms with Crippen LogP contribution in [0.5, 0.6) is 5.75 Å². The van der Waals surface area contributed by atoms with E-state index < -0.39 is 0 Å². The van der Waals surface area contributed by atoms with Gasteiger partial charge in [0, 0.05) is 31.9 Å². The maximum absolute atomic E-state index is 13.1. The SMILES string of the molecule is O=C(c1ccccc1Nc1ccccc1)N1CCN(c2ccccc2O)CC1. The molecule has 0 spiro atoms. The lowest BCUT2D eigenvalue weighted by Crippen LogP contribution is -2.48. The first-order valence-electron chi connectivity index (χ1n) is 9.46. The van der Waals surface area contributed by atoms with Crippen LogP contribution in [0, 0.1) is 0 Å². The Bertz CT molecular complexity index is 951. The molecule has 28 heavy (non-hydrogen) atoms. The van der Waals surface area contributed by atoms with Crippen molar-refractivity contribution >= 4 is 23.0 Å². The Morgan fingerprint density at radius 3 is 2.18 bits per heavy atom. The molecule has 0 saturated carbocycles. The molecular weight excluding hydrogens is 350 g/mol. The number of nitrogens with one attached hydrogen (secondary N) is 1. The number of carbonyl (C=O) groups is 1. The smallest absolute Gasteiger partial charge is 0.256 e. The van der Waals surface area contributed by atoms with Gasteiger partial charge < -0.3 is 20.2 Å². The lowest BCUT2D eigenvalue weighted by molar-refractivity contribution is 0.0748. The monoisotopic (exact) mass is 373 g/mol. The summed E-state index contributed by atoms with van der Waals surface area (Å²) in [6.45, 7) is 2.62. The van der Waals surface area contributed by atoms with Crippen LogP contribution in [0.25, 0.3) is 0 Å². The molecule has 1 aliphatic rings. The van der Waals surface area contributed by atoms with Gasteiger partial charge in [0.25, 0.3) is 5.91 Å². The third-order valence-electron chi connectivity index (χ3n) is 5.00. The van der Waals surface area contributed by atoms with Crippen LogP contribution in [0.3, 0.4) is 0 Å². The molecule has 2 N–H and O–H groups in total. The number of hydrogen-bond donors (Lipinski definition) is 2. The topological polar surface area (TPSA) is 55.8 Å². The molecule has 3 aromatic rings. The minimum absolute atomic E-state index is 0.0240. The number of anilines is 3. The highest BCUT2D eigenvalue weighted by atomic mass is 16.3. The van der Waals surface area contributed by atoms with Gasteiger partial charge in [-0.3, -0.25) is 4.79 Å². The number of piperazine rings is 1. The second kappa shape index (κ2) is 8.05. The summed E-state index contributed by atoms with van der Waals surface area (Å²) in [5.41, 5.74) is 3.25. The maximum Gasteiger partial charge on any atom is 0.256 e. The van der Waals surface area contributed by atoms with Crippen LogP contribution in [0.1, 0.15) is 10.4 Å². The van der Waals surface area contributed by atoms with E-state index in [2.05, 4.69) is 10.2 Å². The van der Waals surface area contributed by atoms with E-state index >= 15 is 0 Å². The molecule has 0 atom stereocenters. The zero-order chi connectivity index (χ0) is 19.3. The summed E-state index contributed by atoms with van der Waals surface area (Å²) in [6, 6.07) is 24.8. The number of carbonyl (C=O) groups excluding carboxylic acids is 1. The second-order valence-corrected chi connectivity index (χ2v) is 6.80. The van der Waals surface area contributed by atoms with Crippen LogP contribution in [-0.4, -0.2) is 42.1 Å². The molecule has 0 radical (unpaired) electrons. The molecule has 1 aliphatic heterocycles. The van der Waals surface area contributed by atoms with Gasteiger partial charge in [-0.15, -0.1) is 0 Å². The first kappa shape index (κ1) is 17.9. The van der Waals surface area contributed by atoms with E-state index in [-0.39, 0.29) is 11.7 Å². The maximum atomic E-state index is 13.1. The Morgan fingerprint density at radius 1 is 0.786 bits per heavy atom. The van der Waals surface area contributed by atoms with Crippen molar-refractivity contribution in [3.63, 3.8) is 0 Å². The molecule has 0 aromatic heterocycles. The van der Waals surface area contributed by atoms with E-state index in [9.17, 15) is 9.90 Å². The lowest BCUT2D eigenvalue weighted by atomic mass is 10.1. The van der Waals surface area contributed by atoms with Crippen molar-refractivity contribution in [3.05, 3.63) is 84.4 Å². The van der Waals surface area contributed by atoms with Crippen LogP contribution in [0.2, 0.25) is 0 Å². The molecule has 1 fully saturated rings. The number of benzene rings is 3. The summed E-state index contributed by atoms with van der Waals surface area (Å²) >= 11 is 0. The normalized spacial score (nSPS) is 14.0. The highest BCUT2D eigenvalue weighted by Crippen LogP contribution is 2.28. The standard InChI is InChI=1S/C23H23N3O2/c27-22-13-7-6-12-21(22)25-14-16-26(17-15-25)23(28)19-10-4-5-11-20(19)24-18-8-2-1-3-9-18/h1-13,24,27H,14-17H2. The number of aromatic hydroxyl groups is 1. The number of hydrogen-bond acceptors (Lipinski definition) is 4. The lowest BCUT2D eigenvalue weighted by Gasteiger charge is -2.36. The fourth-order valence-electron chi connectivity index (χ4n) is 3.51. The summed E-state index contributed by atoms with van der Waals surface area (Å²) in [6.07, 6.45) is 0. The van der Waals surface area contributed by atoms with Crippen LogP contribution in [-0.2, 0) is 0 Å². The van der Waals surface area contributed by atoms with E-state index in [0.717, 1.165) is 17.1 Å². The number of phenolic OH excluding ortho intramolecular Hbond substituents is 1. The number of nitrogens with zero attached hydrogens (tertiary/aromatic N) is 2.